The second kappa shape index (κ2) is 7.48. The molecule has 0 aromatic heterocycles. The molecule has 1 aliphatic heterocycles. The minimum atomic E-state index is 0.170. The van der Waals surface area contributed by atoms with E-state index in [1.54, 1.807) is 0 Å². The van der Waals surface area contributed by atoms with Crippen molar-refractivity contribution in [3.63, 3.8) is 0 Å². The molecule has 1 aromatic rings. The lowest BCUT2D eigenvalue weighted by molar-refractivity contribution is -0.0864. The highest BCUT2D eigenvalue weighted by atomic mass is 16.6. The van der Waals surface area contributed by atoms with Crippen LogP contribution in [0.25, 0.3) is 0 Å². The van der Waals surface area contributed by atoms with E-state index >= 15 is 0 Å². The molecule has 0 amide bonds. The van der Waals surface area contributed by atoms with Gasteiger partial charge in [-0.3, -0.25) is 0 Å². The van der Waals surface area contributed by atoms with Crippen molar-refractivity contribution in [2.45, 2.75) is 32.6 Å². The molecule has 106 valence electrons. The van der Waals surface area contributed by atoms with Crippen molar-refractivity contribution in [2.75, 3.05) is 26.4 Å². The molecular formula is C15H23NO3. The van der Waals surface area contributed by atoms with Crippen LogP contribution in [0.1, 0.15) is 19.4 Å². The molecular weight excluding hydrogens is 242 g/mol. The van der Waals surface area contributed by atoms with Crippen molar-refractivity contribution < 1.29 is 14.2 Å². The molecule has 1 aliphatic rings. The molecule has 1 atom stereocenters. The quantitative estimate of drug-likeness (QED) is 0.854. The molecule has 4 nitrogen and oxygen atoms in total. The molecule has 19 heavy (non-hydrogen) atoms. The maximum absolute atomic E-state index is 5.68. The Morgan fingerprint density at radius 3 is 3.00 bits per heavy atom. The standard InChI is InChI=1S/C15H23NO3/c1-12(2)19-14-5-3-4-13(8-14)9-16-10-15-11-17-6-7-18-15/h3-5,8,12,15-16H,6-7,9-11H2,1-2H3. The smallest absolute Gasteiger partial charge is 0.120 e. The fourth-order valence-electron chi connectivity index (χ4n) is 2.03. The summed E-state index contributed by atoms with van der Waals surface area (Å²) in [5.41, 5.74) is 1.22. The third kappa shape index (κ3) is 5.19. The highest BCUT2D eigenvalue weighted by Crippen LogP contribution is 2.14. The Morgan fingerprint density at radius 1 is 1.37 bits per heavy atom. The normalized spacial score (nSPS) is 19.6. The number of nitrogens with one attached hydrogen (secondary N) is 1. The topological polar surface area (TPSA) is 39.7 Å². The van der Waals surface area contributed by atoms with E-state index < -0.39 is 0 Å². The first-order chi connectivity index (χ1) is 9.24. The highest BCUT2D eigenvalue weighted by Gasteiger charge is 2.13. The molecule has 1 aromatic carbocycles. The van der Waals surface area contributed by atoms with Gasteiger partial charge in [0.25, 0.3) is 0 Å². The summed E-state index contributed by atoms with van der Waals surface area (Å²) in [7, 11) is 0. The van der Waals surface area contributed by atoms with Crippen LogP contribution < -0.4 is 10.1 Å². The minimum absolute atomic E-state index is 0.170. The van der Waals surface area contributed by atoms with Crippen LogP contribution in [0.3, 0.4) is 0 Å². The largest absolute Gasteiger partial charge is 0.491 e. The third-order valence-corrected chi connectivity index (χ3v) is 2.86. The van der Waals surface area contributed by atoms with Gasteiger partial charge in [0.2, 0.25) is 0 Å². The van der Waals surface area contributed by atoms with Gasteiger partial charge in [-0.15, -0.1) is 0 Å². The Bertz CT molecular complexity index is 375. The van der Waals surface area contributed by atoms with Crippen LogP contribution in [0.4, 0.5) is 0 Å². The van der Waals surface area contributed by atoms with Gasteiger partial charge in [0, 0.05) is 13.1 Å². The molecule has 1 N–H and O–H groups in total. The van der Waals surface area contributed by atoms with E-state index in [1.165, 1.54) is 5.56 Å². The number of ether oxygens (including phenoxy) is 3. The molecule has 1 fully saturated rings. The molecule has 0 saturated carbocycles. The first kappa shape index (κ1) is 14.3. The minimum Gasteiger partial charge on any atom is -0.491 e. The van der Waals surface area contributed by atoms with Crippen LogP contribution in [-0.2, 0) is 16.0 Å². The van der Waals surface area contributed by atoms with Gasteiger partial charge in [0.15, 0.2) is 0 Å². The lowest BCUT2D eigenvalue weighted by atomic mass is 10.2. The average Bonchev–Trinajstić information content (AvgIpc) is 2.40. The Labute approximate surface area is 115 Å². The Kier molecular flexibility index (Phi) is 5.63. The van der Waals surface area contributed by atoms with Crippen molar-refractivity contribution in [1.82, 2.24) is 5.32 Å². The summed E-state index contributed by atoms with van der Waals surface area (Å²) < 4.78 is 16.6. The number of hydrogen-bond acceptors (Lipinski definition) is 4. The summed E-state index contributed by atoms with van der Waals surface area (Å²) in [5.74, 6) is 0.923. The van der Waals surface area contributed by atoms with Gasteiger partial charge in [-0.25, -0.2) is 0 Å². The molecule has 0 aliphatic carbocycles. The van der Waals surface area contributed by atoms with Gasteiger partial charge in [-0.2, -0.15) is 0 Å². The lowest BCUT2D eigenvalue weighted by Gasteiger charge is -2.23. The highest BCUT2D eigenvalue weighted by molar-refractivity contribution is 5.28. The molecule has 4 heteroatoms. The fourth-order valence-corrected chi connectivity index (χ4v) is 2.03. The van der Waals surface area contributed by atoms with E-state index in [-0.39, 0.29) is 12.2 Å². The van der Waals surface area contributed by atoms with Crippen molar-refractivity contribution >= 4 is 0 Å². The lowest BCUT2D eigenvalue weighted by Crippen LogP contribution is -2.37. The van der Waals surface area contributed by atoms with Crippen LogP contribution in [-0.4, -0.2) is 38.6 Å². The van der Waals surface area contributed by atoms with Crippen molar-refractivity contribution in [3.05, 3.63) is 29.8 Å². The monoisotopic (exact) mass is 265 g/mol. The predicted molar refractivity (Wildman–Crippen MR) is 74.5 cm³/mol. The average molecular weight is 265 g/mol. The zero-order chi connectivity index (χ0) is 13.5. The van der Waals surface area contributed by atoms with Gasteiger partial charge in [0.05, 0.1) is 32.0 Å². The van der Waals surface area contributed by atoms with Crippen molar-refractivity contribution in [3.8, 4) is 5.75 Å². The second-order valence-electron chi connectivity index (χ2n) is 5.01. The third-order valence-electron chi connectivity index (χ3n) is 2.86. The van der Waals surface area contributed by atoms with Crippen LogP contribution >= 0.6 is 0 Å². The van der Waals surface area contributed by atoms with Crippen molar-refractivity contribution in [1.29, 1.82) is 0 Å². The van der Waals surface area contributed by atoms with E-state index in [1.807, 2.05) is 26.0 Å². The molecule has 1 unspecified atom stereocenters. The maximum atomic E-state index is 5.68. The molecule has 1 saturated heterocycles. The summed E-state index contributed by atoms with van der Waals surface area (Å²) in [6.45, 7) is 7.79. The summed E-state index contributed by atoms with van der Waals surface area (Å²) in [5, 5.41) is 3.39. The van der Waals surface area contributed by atoms with E-state index in [0.29, 0.717) is 19.8 Å². The summed E-state index contributed by atoms with van der Waals surface area (Å²) in [6.07, 6.45) is 0.375. The molecule has 0 spiro atoms. The number of benzene rings is 1. The van der Waals surface area contributed by atoms with Gasteiger partial charge >= 0.3 is 0 Å². The zero-order valence-electron chi connectivity index (χ0n) is 11.7. The summed E-state index contributed by atoms with van der Waals surface area (Å²) in [6, 6.07) is 8.18. The van der Waals surface area contributed by atoms with Crippen molar-refractivity contribution in [2.24, 2.45) is 0 Å². The molecule has 2 rings (SSSR count). The van der Waals surface area contributed by atoms with Crippen LogP contribution in [0, 0.1) is 0 Å². The van der Waals surface area contributed by atoms with E-state index in [0.717, 1.165) is 18.8 Å². The first-order valence-electron chi connectivity index (χ1n) is 6.89. The fraction of sp³-hybridized carbons (Fsp3) is 0.600. The Balaban J connectivity index is 1.75. The van der Waals surface area contributed by atoms with Gasteiger partial charge in [-0.05, 0) is 31.5 Å². The maximum Gasteiger partial charge on any atom is 0.120 e. The summed E-state index contributed by atoms with van der Waals surface area (Å²) >= 11 is 0. The number of hydrogen-bond donors (Lipinski definition) is 1. The molecule has 0 bridgehead atoms. The van der Waals surface area contributed by atoms with Gasteiger partial charge < -0.3 is 19.5 Å². The van der Waals surface area contributed by atoms with Crippen LogP contribution in [0.5, 0.6) is 5.75 Å². The van der Waals surface area contributed by atoms with E-state index in [4.69, 9.17) is 14.2 Å². The molecule has 1 heterocycles. The molecule has 0 radical (unpaired) electrons. The predicted octanol–water partition coefficient (Wildman–Crippen LogP) is 1.98. The number of rotatable bonds is 6. The Hall–Kier alpha value is -1.10. The second-order valence-corrected chi connectivity index (χ2v) is 5.01. The summed E-state index contributed by atoms with van der Waals surface area (Å²) in [4.78, 5) is 0. The van der Waals surface area contributed by atoms with Crippen LogP contribution in [0.15, 0.2) is 24.3 Å². The first-order valence-corrected chi connectivity index (χ1v) is 6.89. The van der Waals surface area contributed by atoms with Gasteiger partial charge in [0.1, 0.15) is 5.75 Å². The van der Waals surface area contributed by atoms with Gasteiger partial charge in [-0.1, -0.05) is 12.1 Å². The van der Waals surface area contributed by atoms with E-state index in [2.05, 4.69) is 17.4 Å². The zero-order valence-corrected chi connectivity index (χ0v) is 11.7. The van der Waals surface area contributed by atoms with E-state index in [9.17, 15) is 0 Å². The van der Waals surface area contributed by atoms with Crippen LogP contribution in [0.2, 0.25) is 0 Å². The SMILES string of the molecule is CC(C)Oc1cccc(CNCC2COCCO2)c1. The Morgan fingerprint density at radius 2 is 2.26 bits per heavy atom.